The molecule has 0 bridgehead atoms. The van der Waals surface area contributed by atoms with Gasteiger partial charge in [-0.25, -0.2) is 4.98 Å². The molecule has 0 aromatic carbocycles. The van der Waals surface area contributed by atoms with Crippen LogP contribution in [0.1, 0.15) is 15.5 Å². The van der Waals surface area contributed by atoms with E-state index in [0.29, 0.717) is 0 Å². The van der Waals surface area contributed by atoms with Crippen molar-refractivity contribution in [1.29, 1.82) is 0 Å². The summed E-state index contributed by atoms with van der Waals surface area (Å²) < 4.78 is 2.41. The lowest BCUT2D eigenvalue weighted by Gasteiger charge is -2.33. The maximum absolute atomic E-state index is 12.6. The van der Waals surface area contributed by atoms with Crippen LogP contribution in [-0.2, 0) is 6.54 Å². The van der Waals surface area contributed by atoms with Gasteiger partial charge in [0, 0.05) is 35.6 Å². The summed E-state index contributed by atoms with van der Waals surface area (Å²) in [4.78, 5) is 21.8. The first-order valence-corrected chi connectivity index (χ1v) is 8.82. The number of piperazine rings is 1. The molecule has 8 heteroatoms. The van der Waals surface area contributed by atoms with Gasteiger partial charge in [0.05, 0.1) is 11.4 Å². The molecule has 6 nitrogen and oxygen atoms in total. The molecular weight excluding hydrogens is 318 g/mol. The number of nitrogens with zero attached hydrogens (tertiary/aromatic N) is 4. The lowest BCUT2D eigenvalue weighted by Crippen LogP contribution is -2.48. The van der Waals surface area contributed by atoms with E-state index in [-0.39, 0.29) is 5.91 Å². The van der Waals surface area contributed by atoms with E-state index in [4.69, 9.17) is 0 Å². The van der Waals surface area contributed by atoms with Gasteiger partial charge in [0.15, 0.2) is 0 Å². The Morgan fingerprint density at radius 3 is 2.86 bits per heavy atom. The Kier molecular flexibility index (Phi) is 3.65. The summed E-state index contributed by atoms with van der Waals surface area (Å²) in [6, 6.07) is 4.10. The van der Waals surface area contributed by atoms with Crippen molar-refractivity contribution in [2.45, 2.75) is 6.54 Å². The molecule has 1 saturated heterocycles. The van der Waals surface area contributed by atoms with Gasteiger partial charge in [-0.15, -0.1) is 22.7 Å². The van der Waals surface area contributed by atoms with E-state index in [1.807, 2.05) is 11.0 Å². The second-order valence-corrected chi connectivity index (χ2v) is 7.29. The van der Waals surface area contributed by atoms with Crippen molar-refractivity contribution >= 4 is 38.0 Å². The summed E-state index contributed by atoms with van der Waals surface area (Å²) in [6.07, 6.45) is 1.53. The van der Waals surface area contributed by atoms with Crippen molar-refractivity contribution in [2.24, 2.45) is 0 Å². The van der Waals surface area contributed by atoms with Gasteiger partial charge in [-0.05, 0) is 17.5 Å². The highest BCUT2D eigenvalue weighted by Crippen LogP contribution is 2.30. The monoisotopic (exact) mass is 333 g/mol. The third-order valence-electron chi connectivity index (χ3n) is 3.85. The molecule has 4 heterocycles. The summed E-state index contributed by atoms with van der Waals surface area (Å²) in [5, 5.41) is 8.80. The number of aromatic amines is 1. The van der Waals surface area contributed by atoms with E-state index < -0.39 is 0 Å². The van der Waals surface area contributed by atoms with E-state index in [1.165, 1.54) is 15.7 Å². The number of carbonyl (C=O) groups excluding carboxylic acids is 1. The van der Waals surface area contributed by atoms with Crippen molar-refractivity contribution in [3.8, 4) is 0 Å². The van der Waals surface area contributed by atoms with Crippen LogP contribution in [0, 0.1) is 0 Å². The van der Waals surface area contributed by atoms with Crippen LogP contribution in [0.15, 0.2) is 23.8 Å². The van der Waals surface area contributed by atoms with Crippen LogP contribution in [-0.4, -0.2) is 57.1 Å². The number of hydrogen-bond donors (Lipinski definition) is 1. The molecule has 4 rings (SSSR count). The van der Waals surface area contributed by atoms with Crippen LogP contribution in [0.25, 0.3) is 9.40 Å². The van der Waals surface area contributed by atoms with Gasteiger partial charge in [-0.2, -0.15) is 5.10 Å². The summed E-state index contributed by atoms with van der Waals surface area (Å²) in [6.45, 7) is 4.02. The number of nitrogens with one attached hydrogen (secondary N) is 1. The molecule has 1 aliphatic heterocycles. The number of carbonyl (C=O) groups is 1. The maximum Gasteiger partial charge on any atom is 0.264 e. The third kappa shape index (κ3) is 2.65. The fraction of sp³-hybridized carbons (Fsp3) is 0.357. The van der Waals surface area contributed by atoms with E-state index >= 15 is 0 Å². The van der Waals surface area contributed by atoms with Gasteiger partial charge in [0.2, 0.25) is 0 Å². The summed E-state index contributed by atoms with van der Waals surface area (Å²) in [7, 11) is 0. The molecule has 3 aromatic heterocycles. The zero-order valence-corrected chi connectivity index (χ0v) is 13.5. The number of aromatic nitrogens is 3. The number of amides is 1. The fourth-order valence-electron chi connectivity index (χ4n) is 2.65. The Balaban J connectivity index is 1.38. The molecule has 1 N–H and O–H groups in total. The first-order valence-electron chi connectivity index (χ1n) is 7.12. The second-order valence-electron chi connectivity index (χ2n) is 5.26. The third-order valence-corrected chi connectivity index (χ3v) is 5.93. The molecule has 1 fully saturated rings. The highest BCUT2D eigenvalue weighted by Gasteiger charge is 2.24. The highest BCUT2D eigenvalue weighted by atomic mass is 32.1. The Hall–Kier alpha value is -1.77. The van der Waals surface area contributed by atoms with Crippen molar-refractivity contribution in [2.75, 3.05) is 26.2 Å². The largest absolute Gasteiger partial charge is 0.335 e. The average molecular weight is 333 g/mol. The Morgan fingerprint density at radius 1 is 1.27 bits per heavy atom. The predicted molar refractivity (Wildman–Crippen MR) is 87.3 cm³/mol. The van der Waals surface area contributed by atoms with E-state index in [1.54, 1.807) is 22.7 Å². The average Bonchev–Trinajstić information content (AvgIpc) is 3.24. The zero-order valence-electron chi connectivity index (χ0n) is 11.9. The molecule has 0 unspecified atom stereocenters. The van der Waals surface area contributed by atoms with Gasteiger partial charge in [0.1, 0.15) is 12.2 Å². The Labute approximate surface area is 135 Å². The topological polar surface area (TPSA) is 65.1 Å². The minimum Gasteiger partial charge on any atom is -0.335 e. The van der Waals surface area contributed by atoms with Crippen LogP contribution in [0.3, 0.4) is 0 Å². The van der Waals surface area contributed by atoms with Crippen LogP contribution < -0.4 is 0 Å². The van der Waals surface area contributed by atoms with Gasteiger partial charge < -0.3 is 4.90 Å². The molecule has 1 amide bonds. The van der Waals surface area contributed by atoms with Crippen LogP contribution in [0.4, 0.5) is 0 Å². The van der Waals surface area contributed by atoms with Gasteiger partial charge in [0.25, 0.3) is 5.91 Å². The first kappa shape index (κ1) is 13.9. The summed E-state index contributed by atoms with van der Waals surface area (Å²) in [5.41, 5.74) is 0. The van der Waals surface area contributed by atoms with Gasteiger partial charge >= 0.3 is 0 Å². The molecule has 22 heavy (non-hydrogen) atoms. The highest BCUT2D eigenvalue weighted by molar-refractivity contribution is 7.27. The fourth-order valence-corrected chi connectivity index (χ4v) is 4.73. The quantitative estimate of drug-likeness (QED) is 0.796. The van der Waals surface area contributed by atoms with Crippen LogP contribution in [0.5, 0.6) is 0 Å². The smallest absolute Gasteiger partial charge is 0.264 e. The van der Waals surface area contributed by atoms with E-state index in [0.717, 1.165) is 43.4 Å². The van der Waals surface area contributed by atoms with E-state index in [9.17, 15) is 4.79 Å². The molecule has 0 spiro atoms. The second kappa shape index (κ2) is 5.79. The lowest BCUT2D eigenvalue weighted by atomic mass is 10.3. The van der Waals surface area contributed by atoms with E-state index in [2.05, 4.69) is 31.5 Å². The Morgan fingerprint density at radius 2 is 2.14 bits per heavy atom. The normalized spacial score (nSPS) is 16.5. The molecule has 0 aliphatic carbocycles. The minimum atomic E-state index is 0.160. The molecule has 114 valence electrons. The lowest BCUT2D eigenvalue weighted by molar-refractivity contribution is 0.0630. The Bertz CT molecular complexity index is 742. The molecule has 1 aliphatic rings. The molecule has 0 radical (unpaired) electrons. The van der Waals surface area contributed by atoms with Crippen molar-refractivity contribution < 1.29 is 4.79 Å². The molecule has 3 aromatic rings. The van der Waals surface area contributed by atoms with Gasteiger partial charge in [-0.1, -0.05) is 0 Å². The predicted octanol–water partition coefficient (Wildman–Crippen LogP) is 2.04. The maximum atomic E-state index is 12.6. The summed E-state index contributed by atoms with van der Waals surface area (Å²) >= 11 is 3.28. The molecular formula is C14H15N5OS2. The van der Waals surface area contributed by atoms with Crippen molar-refractivity contribution in [3.63, 3.8) is 0 Å². The van der Waals surface area contributed by atoms with Gasteiger partial charge in [-0.3, -0.25) is 14.8 Å². The minimum absolute atomic E-state index is 0.160. The number of thiophene rings is 2. The van der Waals surface area contributed by atoms with Crippen molar-refractivity contribution in [3.05, 3.63) is 34.5 Å². The summed E-state index contributed by atoms with van der Waals surface area (Å²) in [5.74, 6) is 1.03. The number of hydrogen-bond acceptors (Lipinski definition) is 6. The number of rotatable bonds is 3. The van der Waals surface area contributed by atoms with Crippen LogP contribution in [0.2, 0.25) is 0 Å². The zero-order chi connectivity index (χ0) is 14.9. The SMILES string of the molecule is O=C(c1cc2sccc2s1)N1CCN(Cc2ncn[nH]2)CC1. The number of fused-ring (bicyclic) bond motifs is 1. The first-order chi connectivity index (χ1) is 10.8. The number of H-pyrrole nitrogens is 1. The molecule has 0 saturated carbocycles. The van der Waals surface area contributed by atoms with Crippen LogP contribution >= 0.6 is 22.7 Å². The molecule has 0 atom stereocenters. The standard InChI is InChI=1S/C14H15N5OS2/c20-14(12-7-11-10(22-12)1-6-21-11)19-4-2-18(3-5-19)8-13-15-9-16-17-13/h1,6-7,9H,2-5,8H2,(H,15,16,17). The van der Waals surface area contributed by atoms with Crippen molar-refractivity contribution in [1.82, 2.24) is 25.0 Å².